The molecule has 5 heteroatoms. The Morgan fingerprint density at radius 1 is 1.18 bits per heavy atom. The van der Waals surface area contributed by atoms with Crippen molar-refractivity contribution in [2.24, 2.45) is 5.92 Å². The summed E-state index contributed by atoms with van der Waals surface area (Å²) in [5.41, 5.74) is 2.90. The summed E-state index contributed by atoms with van der Waals surface area (Å²) in [7, 11) is 0. The predicted molar refractivity (Wildman–Crippen MR) is 82.3 cm³/mol. The Morgan fingerprint density at radius 2 is 2.05 bits per heavy atom. The van der Waals surface area contributed by atoms with Gasteiger partial charge in [0.05, 0.1) is 6.54 Å². The van der Waals surface area contributed by atoms with Gasteiger partial charge in [0.1, 0.15) is 0 Å². The maximum atomic E-state index is 11.8. The normalized spacial score (nSPS) is 28.3. The lowest BCUT2D eigenvalue weighted by Gasteiger charge is -2.44. The van der Waals surface area contributed by atoms with E-state index >= 15 is 0 Å². The van der Waals surface area contributed by atoms with E-state index in [1.807, 2.05) is 0 Å². The first-order valence-electron chi connectivity index (χ1n) is 8.12. The first-order chi connectivity index (χ1) is 10.7. The SMILES string of the molecule is O=C1CNC(=O)N1C[C@@H]1CCN2CCc3ccccc3C2C1. The molecule has 3 aliphatic rings. The van der Waals surface area contributed by atoms with Crippen LogP contribution in [0.3, 0.4) is 0 Å². The number of nitrogens with one attached hydrogen (secondary N) is 1. The maximum Gasteiger partial charge on any atom is 0.324 e. The second-order valence-electron chi connectivity index (χ2n) is 6.55. The topological polar surface area (TPSA) is 52.7 Å². The van der Waals surface area contributed by atoms with Gasteiger partial charge in [-0.15, -0.1) is 0 Å². The Kier molecular flexibility index (Phi) is 3.37. The molecule has 1 aromatic carbocycles. The van der Waals surface area contributed by atoms with E-state index in [-0.39, 0.29) is 18.5 Å². The smallest absolute Gasteiger partial charge is 0.324 e. The fourth-order valence-electron chi connectivity index (χ4n) is 4.09. The molecule has 2 saturated heterocycles. The number of benzene rings is 1. The average molecular weight is 299 g/mol. The fraction of sp³-hybridized carbons (Fsp3) is 0.529. The first kappa shape index (κ1) is 13.8. The second kappa shape index (κ2) is 5.39. The van der Waals surface area contributed by atoms with Crippen LogP contribution in [-0.2, 0) is 11.2 Å². The number of hydrogen-bond acceptors (Lipinski definition) is 3. The first-order valence-corrected chi connectivity index (χ1v) is 8.12. The number of urea groups is 1. The van der Waals surface area contributed by atoms with Crippen LogP contribution in [0.5, 0.6) is 0 Å². The molecule has 1 N–H and O–H groups in total. The van der Waals surface area contributed by atoms with Gasteiger partial charge in [-0.2, -0.15) is 0 Å². The Morgan fingerprint density at radius 3 is 2.86 bits per heavy atom. The lowest BCUT2D eigenvalue weighted by atomic mass is 9.82. The third-order valence-electron chi connectivity index (χ3n) is 5.28. The van der Waals surface area contributed by atoms with Gasteiger partial charge in [-0.25, -0.2) is 4.79 Å². The molecule has 0 radical (unpaired) electrons. The van der Waals surface area contributed by atoms with Crippen LogP contribution >= 0.6 is 0 Å². The molecule has 3 aliphatic heterocycles. The molecule has 3 heterocycles. The molecule has 2 atom stereocenters. The highest BCUT2D eigenvalue weighted by molar-refractivity contribution is 6.01. The van der Waals surface area contributed by atoms with E-state index in [1.165, 1.54) is 16.0 Å². The molecular formula is C17H21N3O2. The van der Waals surface area contributed by atoms with Crippen molar-refractivity contribution in [3.63, 3.8) is 0 Å². The van der Waals surface area contributed by atoms with Crippen LogP contribution in [0, 0.1) is 5.92 Å². The van der Waals surface area contributed by atoms with Gasteiger partial charge < -0.3 is 5.32 Å². The molecule has 0 aromatic heterocycles. The van der Waals surface area contributed by atoms with Gasteiger partial charge >= 0.3 is 6.03 Å². The minimum Gasteiger partial charge on any atom is -0.329 e. The highest BCUT2D eigenvalue weighted by atomic mass is 16.2. The summed E-state index contributed by atoms with van der Waals surface area (Å²) in [5.74, 6) is 0.316. The van der Waals surface area contributed by atoms with Crippen LogP contribution < -0.4 is 5.32 Å². The number of amides is 3. The van der Waals surface area contributed by atoms with E-state index in [4.69, 9.17) is 0 Å². The van der Waals surface area contributed by atoms with Crippen molar-refractivity contribution >= 4 is 11.9 Å². The Labute approximate surface area is 130 Å². The van der Waals surface area contributed by atoms with Crippen molar-refractivity contribution in [2.45, 2.75) is 25.3 Å². The van der Waals surface area contributed by atoms with Crippen molar-refractivity contribution in [3.05, 3.63) is 35.4 Å². The number of fused-ring (bicyclic) bond motifs is 3. The summed E-state index contributed by atoms with van der Waals surface area (Å²) in [6.07, 6.45) is 3.23. The third-order valence-corrected chi connectivity index (χ3v) is 5.28. The van der Waals surface area contributed by atoms with Gasteiger partial charge in [-0.3, -0.25) is 14.6 Å². The highest BCUT2D eigenvalue weighted by Gasteiger charge is 2.36. The van der Waals surface area contributed by atoms with E-state index < -0.39 is 0 Å². The standard InChI is InChI=1S/C17H21N3O2/c21-16-10-18-17(22)20(16)11-12-5-7-19-8-6-13-3-1-2-4-14(13)15(19)9-12/h1-4,12,15H,5-11H2,(H,18,22)/t12-,15?/m1/s1. The number of imide groups is 1. The zero-order valence-electron chi connectivity index (χ0n) is 12.6. The molecule has 3 amide bonds. The zero-order valence-corrected chi connectivity index (χ0v) is 12.6. The summed E-state index contributed by atoms with van der Waals surface area (Å²) in [6, 6.07) is 8.92. The van der Waals surface area contributed by atoms with Crippen LogP contribution in [0.2, 0.25) is 0 Å². The van der Waals surface area contributed by atoms with Crippen molar-refractivity contribution in [1.29, 1.82) is 0 Å². The molecule has 0 spiro atoms. The minimum atomic E-state index is -0.225. The quantitative estimate of drug-likeness (QED) is 0.843. The van der Waals surface area contributed by atoms with E-state index in [9.17, 15) is 9.59 Å². The second-order valence-corrected chi connectivity index (χ2v) is 6.55. The lowest BCUT2D eigenvalue weighted by molar-refractivity contribution is -0.125. The molecule has 22 heavy (non-hydrogen) atoms. The highest BCUT2D eigenvalue weighted by Crippen LogP contribution is 2.39. The van der Waals surface area contributed by atoms with E-state index in [0.29, 0.717) is 18.5 Å². The number of carbonyl (C=O) groups excluding carboxylic acids is 2. The molecule has 1 aromatic rings. The largest absolute Gasteiger partial charge is 0.329 e. The predicted octanol–water partition coefficient (Wildman–Crippen LogP) is 1.55. The molecule has 2 fully saturated rings. The van der Waals surface area contributed by atoms with Gasteiger partial charge in [-0.1, -0.05) is 24.3 Å². The van der Waals surface area contributed by atoms with Crippen LogP contribution in [0.15, 0.2) is 24.3 Å². The Bertz CT molecular complexity index is 600. The molecule has 0 saturated carbocycles. The zero-order chi connectivity index (χ0) is 15.1. The van der Waals surface area contributed by atoms with Gasteiger partial charge in [0.2, 0.25) is 5.91 Å². The van der Waals surface area contributed by atoms with Crippen molar-refractivity contribution in [2.75, 3.05) is 26.2 Å². The summed E-state index contributed by atoms with van der Waals surface area (Å²) >= 11 is 0. The molecule has 0 bridgehead atoms. The van der Waals surface area contributed by atoms with Crippen molar-refractivity contribution in [3.8, 4) is 0 Å². The van der Waals surface area contributed by atoms with E-state index in [1.54, 1.807) is 0 Å². The molecule has 4 rings (SSSR count). The summed E-state index contributed by atoms with van der Waals surface area (Å²) in [5, 5.41) is 2.61. The summed E-state index contributed by atoms with van der Waals surface area (Å²) < 4.78 is 0. The average Bonchev–Trinajstić information content (AvgIpc) is 2.87. The van der Waals surface area contributed by atoms with Gasteiger partial charge in [-0.05, 0) is 42.9 Å². The number of rotatable bonds is 2. The Hall–Kier alpha value is -1.88. The van der Waals surface area contributed by atoms with Crippen LogP contribution in [0.25, 0.3) is 0 Å². The Balaban J connectivity index is 1.51. The summed E-state index contributed by atoms with van der Waals surface area (Å²) in [4.78, 5) is 27.5. The number of nitrogens with zero attached hydrogens (tertiary/aromatic N) is 2. The third kappa shape index (κ3) is 2.29. The van der Waals surface area contributed by atoms with Crippen LogP contribution in [-0.4, -0.2) is 47.9 Å². The van der Waals surface area contributed by atoms with Crippen molar-refractivity contribution < 1.29 is 9.59 Å². The lowest BCUT2D eigenvalue weighted by Crippen LogP contribution is -2.44. The van der Waals surface area contributed by atoms with Crippen LogP contribution in [0.1, 0.15) is 30.0 Å². The fourth-order valence-corrected chi connectivity index (χ4v) is 4.09. The number of hydrogen-bond donors (Lipinski definition) is 1. The summed E-state index contributed by atoms with van der Waals surface area (Å²) in [6.45, 7) is 2.91. The van der Waals surface area contributed by atoms with E-state index in [2.05, 4.69) is 34.5 Å². The number of piperidine rings is 1. The van der Waals surface area contributed by atoms with E-state index in [0.717, 1.165) is 32.4 Å². The van der Waals surface area contributed by atoms with Gasteiger partial charge in [0.15, 0.2) is 0 Å². The molecule has 0 aliphatic carbocycles. The van der Waals surface area contributed by atoms with Crippen molar-refractivity contribution in [1.82, 2.24) is 15.1 Å². The minimum absolute atomic E-state index is 0.0866. The molecule has 116 valence electrons. The van der Waals surface area contributed by atoms with Gasteiger partial charge in [0.25, 0.3) is 0 Å². The molecular weight excluding hydrogens is 278 g/mol. The monoisotopic (exact) mass is 299 g/mol. The maximum absolute atomic E-state index is 11.8. The molecule has 1 unspecified atom stereocenters. The number of carbonyl (C=O) groups is 2. The van der Waals surface area contributed by atoms with Gasteiger partial charge in [0, 0.05) is 19.1 Å². The molecule has 5 nitrogen and oxygen atoms in total. The van der Waals surface area contributed by atoms with Crippen LogP contribution in [0.4, 0.5) is 4.79 Å².